The molecule has 0 aromatic heterocycles. The van der Waals surface area contributed by atoms with Crippen LogP contribution < -0.4 is 20.1 Å². The standard InChI is InChI=1S/C29H38N2O4.ClH/c1-18(9-8-12-22-10-6-5-7-11-22)34-24-16-27-29(28(17-24)35-21(4)33)26-15-23(31-20(3)32)13-14-25(26)19(2)30-27;/h5-7,10-11,16-19,23,25-26,30H,8-9,12-15H2,1-4H3,(H,31,32);1H/t18-,19?,23-,25+,26-;/m1./s1. The first-order valence-electron chi connectivity index (χ1n) is 12.9. The van der Waals surface area contributed by atoms with Gasteiger partial charge in [0.2, 0.25) is 5.91 Å². The molecule has 1 unspecified atom stereocenters. The predicted molar refractivity (Wildman–Crippen MR) is 145 cm³/mol. The van der Waals surface area contributed by atoms with Crippen molar-refractivity contribution in [3.05, 3.63) is 53.6 Å². The minimum absolute atomic E-state index is 0. The van der Waals surface area contributed by atoms with E-state index < -0.39 is 0 Å². The number of nitrogens with one attached hydrogen (secondary N) is 2. The molecule has 36 heavy (non-hydrogen) atoms. The molecule has 0 bridgehead atoms. The van der Waals surface area contributed by atoms with E-state index in [0.29, 0.717) is 17.4 Å². The molecule has 7 heteroatoms. The van der Waals surface area contributed by atoms with Crippen LogP contribution in [0.2, 0.25) is 0 Å². The number of amides is 1. The average molecular weight is 515 g/mol. The second-order valence-corrected chi connectivity index (χ2v) is 10.2. The average Bonchev–Trinajstić information content (AvgIpc) is 2.78. The van der Waals surface area contributed by atoms with Gasteiger partial charge in [-0.15, -0.1) is 12.4 Å². The quantitative estimate of drug-likeness (QED) is 0.332. The van der Waals surface area contributed by atoms with Gasteiger partial charge in [0, 0.05) is 49.3 Å². The Balaban J connectivity index is 0.00000361. The zero-order chi connectivity index (χ0) is 24.9. The minimum atomic E-state index is -0.343. The fourth-order valence-electron chi connectivity index (χ4n) is 5.84. The van der Waals surface area contributed by atoms with Crippen LogP contribution in [-0.2, 0) is 16.0 Å². The Morgan fingerprint density at radius 2 is 1.89 bits per heavy atom. The van der Waals surface area contributed by atoms with Gasteiger partial charge in [-0.25, -0.2) is 0 Å². The van der Waals surface area contributed by atoms with Crippen LogP contribution in [0.15, 0.2) is 42.5 Å². The van der Waals surface area contributed by atoms with Crippen LogP contribution in [-0.4, -0.2) is 30.1 Å². The van der Waals surface area contributed by atoms with Crippen LogP contribution in [0, 0.1) is 5.92 Å². The summed E-state index contributed by atoms with van der Waals surface area (Å²) in [6.45, 7) is 7.30. The number of esters is 1. The minimum Gasteiger partial charge on any atom is -0.491 e. The van der Waals surface area contributed by atoms with E-state index in [-0.39, 0.29) is 48.4 Å². The molecule has 2 aromatic rings. The summed E-state index contributed by atoms with van der Waals surface area (Å²) in [6.07, 6.45) is 5.85. The zero-order valence-corrected chi connectivity index (χ0v) is 22.5. The fraction of sp³-hybridized carbons (Fsp3) is 0.517. The number of benzene rings is 2. The number of hydrogen-bond acceptors (Lipinski definition) is 5. The van der Waals surface area contributed by atoms with Gasteiger partial charge in [0.1, 0.15) is 11.5 Å². The first kappa shape index (κ1) is 27.9. The van der Waals surface area contributed by atoms with Crippen LogP contribution >= 0.6 is 12.4 Å². The third-order valence-corrected chi connectivity index (χ3v) is 7.33. The Hall–Kier alpha value is -2.73. The lowest BCUT2D eigenvalue weighted by Gasteiger charge is -2.45. The molecule has 0 saturated heterocycles. The molecule has 1 heterocycles. The Morgan fingerprint density at radius 3 is 2.58 bits per heavy atom. The highest BCUT2D eigenvalue weighted by Crippen LogP contribution is 2.51. The molecule has 4 rings (SSSR count). The lowest BCUT2D eigenvalue weighted by atomic mass is 9.68. The van der Waals surface area contributed by atoms with Gasteiger partial charge in [0.25, 0.3) is 0 Å². The number of rotatable bonds is 8. The largest absolute Gasteiger partial charge is 0.491 e. The van der Waals surface area contributed by atoms with Gasteiger partial charge in [-0.05, 0) is 69.8 Å². The first-order valence-corrected chi connectivity index (χ1v) is 12.9. The molecule has 1 aliphatic carbocycles. The molecule has 5 atom stereocenters. The Kier molecular flexibility index (Phi) is 9.66. The second-order valence-electron chi connectivity index (χ2n) is 10.2. The fourth-order valence-corrected chi connectivity index (χ4v) is 5.84. The summed E-state index contributed by atoms with van der Waals surface area (Å²) in [5.74, 6) is 1.56. The maximum absolute atomic E-state index is 12.0. The van der Waals surface area contributed by atoms with Crippen LogP contribution in [0.3, 0.4) is 0 Å². The molecule has 1 fully saturated rings. The molecule has 0 radical (unpaired) electrons. The molecule has 2 aliphatic rings. The highest BCUT2D eigenvalue weighted by Gasteiger charge is 2.41. The van der Waals surface area contributed by atoms with Crippen molar-refractivity contribution in [3.8, 4) is 11.5 Å². The van der Waals surface area contributed by atoms with Gasteiger partial charge in [0.15, 0.2) is 0 Å². The van der Waals surface area contributed by atoms with Gasteiger partial charge >= 0.3 is 5.97 Å². The normalized spacial score (nSPS) is 23.1. The van der Waals surface area contributed by atoms with Crippen LogP contribution in [0.5, 0.6) is 11.5 Å². The summed E-state index contributed by atoms with van der Waals surface area (Å²) in [4.78, 5) is 23.7. The summed E-state index contributed by atoms with van der Waals surface area (Å²) in [5.41, 5.74) is 3.33. The van der Waals surface area contributed by atoms with Crippen molar-refractivity contribution < 1.29 is 19.1 Å². The summed E-state index contributed by atoms with van der Waals surface area (Å²) in [7, 11) is 0. The lowest BCUT2D eigenvalue weighted by molar-refractivity contribution is -0.132. The number of halogens is 1. The molecular formula is C29H39ClN2O4. The Bertz CT molecular complexity index is 1050. The summed E-state index contributed by atoms with van der Waals surface area (Å²) < 4.78 is 12.0. The van der Waals surface area contributed by atoms with Crippen molar-refractivity contribution in [1.29, 1.82) is 0 Å². The molecule has 2 N–H and O–H groups in total. The van der Waals surface area contributed by atoms with Crippen LogP contribution in [0.1, 0.15) is 76.8 Å². The molecule has 0 spiro atoms. The molecule has 2 aromatic carbocycles. The Labute approximate surface area is 220 Å². The van der Waals surface area contributed by atoms with E-state index in [0.717, 1.165) is 49.8 Å². The molecule has 196 valence electrons. The predicted octanol–water partition coefficient (Wildman–Crippen LogP) is 6.03. The summed E-state index contributed by atoms with van der Waals surface area (Å²) in [5, 5.41) is 6.75. The van der Waals surface area contributed by atoms with E-state index in [1.807, 2.05) is 18.2 Å². The van der Waals surface area contributed by atoms with Crippen LogP contribution in [0.25, 0.3) is 0 Å². The van der Waals surface area contributed by atoms with Crippen molar-refractivity contribution in [1.82, 2.24) is 5.32 Å². The topological polar surface area (TPSA) is 76.7 Å². The first-order chi connectivity index (χ1) is 16.8. The van der Waals surface area contributed by atoms with E-state index in [2.05, 4.69) is 48.7 Å². The van der Waals surface area contributed by atoms with Crippen LogP contribution in [0.4, 0.5) is 5.69 Å². The Morgan fingerprint density at radius 1 is 1.14 bits per heavy atom. The number of hydrogen-bond donors (Lipinski definition) is 2. The van der Waals surface area contributed by atoms with Gasteiger partial charge in [-0.1, -0.05) is 30.3 Å². The number of carbonyl (C=O) groups is 2. The number of aryl methyl sites for hydroxylation is 1. The zero-order valence-electron chi connectivity index (χ0n) is 21.7. The number of fused-ring (bicyclic) bond motifs is 3. The summed E-state index contributed by atoms with van der Waals surface area (Å²) >= 11 is 0. The van der Waals surface area contributed by atoms with Crippen molar-refractivity contribution in [3.63, 3.8) is 0 Å². The number of ether oxygens (including phenoxy) is 2. The van der Waals surface area contributed by atoms with E-state index in [1.165, 1.54) is 12.5 Å². The maximum atomic E-state index is 12.0. The molecule has 1 saturated carbocycles. The van der Waals surface area contributed by atoms with Crippen molar-refractivity contribution in [2.75, 3.05) is 5.32 Å². The summed E-state index contributed by atoms with van der Waals surface area (Å²) in [6, 6.07) is 14.8. The van der Waals surface area contributed by atoms with Gasteiger partial charge in [0.05, 0.1) is 6.10 Å². The van der Waals surface area contributed by atoms with Crippen molar-refractivity contribution in [2.24, 2.45) is 5.92 Å². The van der Waals surface area contributed by atoms with Crippen molar-refractivity contribution >= 4 is 30.0 Å². The van der Waals surface area contributed by atoms with E-state index in [4.69, 9.17) is 9.47 Å². The van der Waals surface area contributed by atoms with E-state index in [1.54, 1.807) is 6.92 Å². The molecular weight excluding hydrogens is 476 g/mol. The molecule has 6 nitrogen and oxygen atoms in total. The van der Waals surface area contributed by atoms with Gasteiger partial charge in [-0.3, -0.25) is 9.59 Å². The SMILES string of the molecule is CC(=O)N[C@@H]1CC[C@H]2C(C)Nc3cc(O[C@H](C)CCCc4ccccc4)cc(OC(C)=O)c3[C@@H]2C1.Cl. The highest BCUT2D eigenvalue weighted by atomic mass is 35.5. The van der Waals surface area contributed by atoms with Crippen molar-refractivity contribution in [2.45, 2.75) is 90.3 Å². The lowest BCUT2D eigenvalue weighted by Crippen LogP contribution is -2.45. The molecule has 1 aliphatic heterocycles. The van der Waals surface area contributed by atoms with Gasteiger partial charge < -0.3 is 20.1 Å². The number of anilines is 1. The maximum Gasteiger partial charge on any atom is 0.308 e. The number of carbonyl (C=O) groups excluding carboxylic acids is 2. The smallest absolute Gasteiger partial charge is 0.308 e. The van der Waals surface area contributed by atoms with E-state index in [9.17, 15) is 9.59 Å². The highest BCUT2D eigenvalue weighted by molar-refractivity contribution is 5.85. The monoisotopic (exact) mass is 514 g/mol. The van der Waals surface area contributed by atoms with E-state index >= 15 is 0 Å². The molecule has 1 amide bonds. The second kappa shape index (κ2) is 12.5. The third-order valence-electron chi connectivity index (χ3n) is 7.33. The third kappa shape index (κ3) is 6.94. The van der Waals surface area contributed by atoms with Gasteiger partial charge in [-0.2, -0.15) is 0 Å².